The third-order valence-electron chi connectivity index (χ3n) is 2.73. The van der Waals surface area contributed by atoms with Crippen LogP contribution in [0.1, 0.15) is 12.8 Å². The molecule has 68 valence electrons. The molecule has 1 N–H and O–H groups in total. The number of hydrogen-bond acceptors (Lipinski definition) is 2. The number of likely N-dealkylation sites (tertiary alicyclic amines) is 1. The molecule has 0 radical (unpaired) electrons. The van der Waals surface area contributed by atoms with Crippen molar-refractivity contribution in [3.8, 4) is 0 Å². The van der Waals surface area contributed by atoms with Crippen LogP contribution in [0.3, 0.4) is 0 Å². The molecule has 0 aromatic rings. The van der Waals surface area contributed by atoms with Crippen molar-refractivity contribution in [3.05, 3.63) is 11.1 Å². The smallest absolute Gasteiger partial charge is 0.0928 e. The van der Waals surface area contributed by atoms with Gasteiger partial charge in [-0.15, -0.1) is 0 Å². The molecule has 12 heavy (non-hydrogen) atoms. The van der Waals surface area contributed by atoms with Gasteiger partial charge in [-0.1, -0.05) is 22.5 Å². The van der Waals surface area contributed by atoms with E-state index in [4.69, 9.17) is 0 Å². The van der Waals surface area contributed by atoms with Gasteiger partial charge in [0.2, 0.25) is 0 Å². The van der Waals surface area contributed by atoms with Gasteiger partial charge in [-0.25, -0.2) is 0 Å². The molecule has 0 atom stereocenters. The van der Waals surface area contributed by atoms with Gasteiger partial charge in [-0.05, 0) is 18.8 Å². The van der Waals surface area contributed by atoms with Crippen LogP contribution in [0, 0.1) is 5.92 Å². The number of β-amino-alcohol motifs (C(OH)–C–C–N with tert-alkyl or cyclic N) is 1. The van der Waals surface area contributed by atoms with Crippen LogP contribution in [0.2, 0.25) is 0 Å². The van der Waals surface area contributed by atoms with E-state index >= 15 is 0 Å². The van der Waals surface area contributed by atoms with Crippen LogP contribution in [0.5, 0.6) is 0 Å². The summed E-state index contributed by atoms with van der Waals surface area (Å²) in [6, 6.07) is 0. The number of rotatable bonds is 3. The van der Waals surface area contributed by atoms with Gasteiger partial charge in [0.1, 0.15) is 0 Å². The fraction of sp³-hybridized carbons (Fsp3) is 0.778. The van der Waals surface area contributed by atoms with Gasteiger partial charge >= 0.3 is 0 Å². The maximum Gasteiger partial charge on any atom is 0.0928 e. The first-order valence-corrected chi connectivity index (χ1v) is 5.17. The van der Waals surface area contributed by atoms with Gasteiger partial charge < -0.3 is 5.11 Å². The lowest BCUT2D eigenvalue weighted by molar-refractivity contribution is -0.108. The van der Waals surface area contributed by atoms with E-state index in [1.807, 2.05) is 0 Å². The minimum absolute atomic E-state index is 0.345. The van der Waals surface area contributed by atoms with Crippen LogP contribution in [0.15, 0.2) is 11.1 Å². The third kappa shape index (κ3) is 1.58. The molecule has 1 aliphatic heterocycles. The van der Waals surface area contributed by atoms with Crippen molar-refractivity contribution in [1.29, 1.82) is 0 Å². The van der Waals surface area contributed by atoms with Crippen LogP contribution >= 0.6 is 15.9 Å². The Morgan fingerprint density at radius 2 is 2.17 bits per heavy atom. The lowest BCUT2D eigenvalue weighted by atomic mass is 9.89. The Labute approximate surface area is 81.4 Å². The highest BCUT2D eigenvalue weighted by molar-refractivity contribution is 9.11. The Kier molecular flexibility index (Phi) is 2.05. The predicted octanol–water partition coefficient (Wildman–Crippen LogP) is 1.35. The molecule has 2 fully saturated rings. The normalized spacial score (nSPS) is 28.2. The Hall–Kier alpha value is 0.140. The molecule has 3 heteroatoms. The highest BCUT2D eigenvalue weighted by atomic mass is 79.9. The van der Waals surface area contributed by atoms with E-state index < -0.39 is 0 Å². The molecule has 0 aromatic heterocycles. The number of hydrogen-bond donors (Lipinski definition) is 1. The van der Waals surface area contributed by atoms with Crippen molar-refractivity contribution < 1.29 is 5.11 Å². The van der Waals surface area contributed by atoms with Crippen LogP contribution in [-0.4, -0.2) is 35.2 Å². The van der Waals surface area contributed by atoms with E-state index in [-0.39, 0.29) is 5.60 Å². The molecule has 0 unspecified atom stereocenters. The number of nitrogens with zero attached hydrogens (tertiary/aromatic N) is 1. The molecule has 2 rings (SSSR count). The van der Waals surface area contributed by atoms with Crippen molar-refractivity contribution in [2.45, 2.75) is 18.4 Å². The zero-order valence-corrected chi connectivity index (χ0v) is 8.68. The Morgan fingerprint density at radius 3 is 2.58 bits per heavy atom. The van der Waals surface area contributed by atoms with E-state index in [2.05, 4.69) is 27.4 Å². The molecule has 1 heterocycles. The summed E-state index contributed by atoms with van der Waals surface area (Å²) in [5.41, 5.74) is -0.345. The monoisotopic (exact) mass is 231 g/mol. The van der Waals surface area contributed by atoms with E-state index in [1.165, 1.54) is 12.8 Å². The minimum atomic E-state index is -0.345. The second-order valence-electron chi connectivity index (χ2n) is 4.04. The Bertz CT molecular complexity index is 207. The molecule has 2 aliphatic rings. The molecule has 1 saturated carbocycles. The molecule has 0 spiro atoms. The molecular weight excluding hydrogens is 218 g/mol. The van der Waals surface area contributed by atoms with Crippen LogP contribution < -0.4 is 0 Å². The first-order valence-electron chi connectivity index (χ1n) is 4.38. The first kappa shape index (κ1) is 8.73. The number of aliphatic hydroxyl groups is 1. The molecule has 2 nitrogen and oxygen atoms in total. The average Bonchev–Trinajstić information content (AvgIpc) is 2.62. The van der Waals surface area contributed by atoms with Gasteiger partial charge in [0.25, 0.3) is 0 Å². The van der Waals surface area contributed by atoms with Crippen molar-refractivity contribution in [1.82, 2.24) is 4.90 Å². The first-order chi connectivity index (χ1) is 5.60. The molecule has 0 amide bonds. The summed E-state index contributed by atoms with van der Waals surface area (Å²) >= 11 is 3.32. The topological polar surface area (TPSA) is 23.5 Å². The van der Waals surface area contributed by atoms with Crippen molar-refractivity contribution in [3.63, 3.8) is 0 Å². The maximum absolute atomic E-state index is 9.95. The SMILES string of the molecule is C=C(Br)CN1CC(O)(C2CC2)C1. The summed E-state index contributed by atoms with van der Waals surface area (Å²) in [4.78, 5) is 2.22. The molecule has 1 saturated heterocycles. The number of halogens is 1. The van der Waals surface area contributed by atoms with Crippen LogP contribution in [-0.2, 0) is 0 Å². The fourth-order valence-corrected chi connectivity index (χ4v) is 2.32. The van der Waals surface area contributed by atoms with E-state index in [1.54, 1.807) is 0 Å². The molecular formula is C9H14BrNO. The standard InChI is InChI=1S/C9H14BrNO/c1-7(10)4-11-5-9(12,6-11)8-2-3-8/h8,12H,1-6H2. The van der Waals surface area contributed by atoms with E-state index in [9.17, 15) is 5.11 Å². The summed E-state index contributed by atoms with van der Waals surface area (Å²) in [5, 5.41) is 9.95. The summed E-state index contributed by atoms with van der Waals surface area (Å²) in [6.45, 7) is 6.32. The second kappa shape index (κ2) is 2.82. The van der Waals surface area contributed by atoms with Crippen molar-refractivity contribution >= 4 is 15.9 Å². The van der Waals surface area contributed by atoms with Crippen molar-refractivity contribution in [2.24, 2.45) is 5.92 Å². The van der Waals surface area contributed by atoms with Gasteiger partial charge in [0, 0.05) is 24.1 Å². The quantitative estimate of drug-likeness (QED) is 0.793. The minimum Gasteiger partial charge on any atom is -0.387 e. The molecule has 0 bridgehead atoms. The summed E-state index contributed by atoms with van der Waals surface area (Å²) in [7, 11) is 0. The Morgan fingerprint density at radius 1 is 1.58 bits per heavy atom. The summed E-state index contributed by atoms with van der Waals surface area (Å²) in [5.74, 6) is 0.595. The van der Waals surface area contributed by atoms with E-state index in [0.29, 0.717) is 5.92 Å². The zero-order chi connectivity index (χ0) is 8.77. The molecule has 0 aromatic carbocycles. The summed E-state index contributed by atoms with van der Waals surface area (Å²) < 4.78 is 1.00. The van der Waals surface area contributed by atoms with E-state index in [0.717, 1.165) is 24.1 Å². The highest BCUT2D eigenvalue weighted by Crippen LogP contribution is 2.44. The second-order valence-corrected chi connectivity index (χ2v) is 5.16. The van der Waals surface area contributed by atoms with Gasteiger partial charge in [0.15, 0.2) is 0 Å². The van der Waals surface area contributed by atoms with Crippen LogP contribution in [0.25, 0.3) is 0 Å². The summed E-state index contributed by atoms with van der Waals surface area (Å²) in [6.07, 6.45) is 2.44. The van der Waals surface area contributed by atoms with Gasteiger partial charge in [-0.3, -0.25) is 4.90 Å². The largest absolute Gasteiger partial charge is 0.387 e. The van der Waals surface area contributed by atoms with Gasteiger partial charge in [-0.2, -0.15) is 0 Å². The predicted molar refractivity (Wildman–Crippen MR) is 52.2 cm³/mol. The van der Waals surface area contributed by atoms with Crippen molar-refractivity contribution in [2.75, 3.05) is 19.6 Å². The molecule has 1 aliphatic carbocycles. The fourth-order valence-electron chi connectivity index (χ4n) is 1.96. The lowest BCUT2D eigenvalue weighted by Crippen LogP contribution is -2.63. The zero-order valence-electron chi connectivity index (χ0n) is 7.09. The lowest BCUT2D eigenvalue weighted by Gasteiger charge is -2.47. The van der Waals surface area contributed by atoms with Crippen LogP contribution in [0.4, 0.5) is 0 Å². The Balaban J connectivity index is 1.78. The highest BCUT2D eigenvalue weighted by Gasteiger charge is 2.51. The average molecular weight is 232 g/mol. The van der Waals surface area contributed by atoms with Gasteiger partial charge in [0.05, 0.1) is 5.60 Å². The third-order valence-corrected chi connectivity index (χ3v) is 2.98. The maximum atomic E-state index is 9.95.